The first kappa shape index (κ1) is 13.9. The zero-order chi connectivity index (χ0) is 12.2. The minimum Gasteiger partial charge on any atom is -0.307 e. The van der Waals surface area contributed by atoms with Crippen LogP contribution in [0.3, 0.4) is 0 Å². The number of hydrogen-bond acceptors (Lipinski definition) is 1. The topological polar surface area (TPSA) is 12.0 Å². The number of alkyl halides is 2. The van der Waals surface area contributed by atoms with E-state index in [1.807, 2.05) is 6.92 Å². The summed E-state index contributed by atoms with van der Waals surface area (Å²) in [5.41, 5.74) is -0.896. The lowest BCUT2D eigenvalue weighted by atomic mass is 9.73. The highest BCUT2D eigenvalue weighted by Gasteiger charge is 2.43. The Balaban J connectivity index is 2.63. The smallest absolute Gasteiger partial charge is 0.256 e. The van der Waals surface area contributed by atoms with Crippen LogP contribution < -0.4 is 5.32 Å². The minimum absolute atomic E-state index is 0.474. The number of hydrogen-bond donors (Lipinski definition) is 1. The van der Waals surface area contributed by atoms with Crippen LogP contribution >= 0.6 is 0 Å². The van der Waals surface area contributed by atoms with Crippen molar-refractivity contribution in [2.24, 2.45) is 11.8 Å². The molecule has 3 heteroatoms. The van der Waals surface area contributed by atoms with Gasteiger partial charge in [-0.25, -0.2) is 8.78 Å². The van der Waals surface area contributed by atoms with Gasteiger partial charge in [-0.2, -0.15) is 0 Å². The van der Waals surface area contributed by atoms with E-state index in [1.165, 1.54) is 0 Å². The Kier molecular flexibility index (Phi) is 5.16. The van der Waals surface area contributed by atoms with Crippen molar-refractivity contribution in [1.29, 1.82) is 0 Å². The van der Waals surface area contributed by atoms with Gasteiger partial charge in [0.25, 0.3) is 6.43 Å². The SMILES string of the molecule is CCNC1(C(F)F)CCCC(CC(C)C)C1. The van der Waals surface area contributed by atoms with E-state index in [0.717, 1.165) is 19.3 Å². The molecule has 0 spiro atoms. The lowest BCUT2D eigenvalue weighted by Crippen LogP contribution is -2.54. The Bertz CT molecular complexity index is 202. The molecule has 1 saturated carbocycles. The first-order valence-electron chi connectivity index (χ1n) is 6.53. The van der Waals surface area contributed by atoms with E-state index >= 15 is 0 Å². The van der Waals surface area contributed by atoms with Crippen molar-refractivity contribution in [3.05, 3.63) is 0 Å². The van der Waals surface area contributed by atoms with Crippen molar-refractivity contribution in [3.8, 4) is 0 Å². The molecule has 1 aliphatic carbocycles. The molecule has 0 radical (unpaired) electrons. The van der Waals surface area contributed by atoms with Crippen LogP contribution in [0.1, 0.15) is 52.9 Å². The summed E-state index contributed by atoms with van der Waals surface area (Å²) in [7, 11) is 0. The second kappa shape index (κ2) is 5.95. The van der Waals surface area contributed by atoms with Gasteiger partial charge in [-0.05, 0) is 37.6 Å². The lowest BCUT2D eigenvalue weighted by Gasteiger charge is -2.41. The molecule has 96 valence electrons. The van der Waals surface area contributed by atoms with Crippen LogP contribution in [0.4, 0.5) is 8.78 Å². The van der Waals surface area contributed by atoms with Crippen LogP contribution in [-0.2, 0) is 0 Å². The van der Waals surface area contributed by atoms with Crippen molar-refractivity contribution in [3.63, 3.8) is 0 Å². The van der Waals surface area contributed by atoms with Crippen LogP contribution in [0.25, 0.3) is 0 Å². The Hall–Kier alpha value is -0.180. The zero-order valence-electron chi connectivity index (χ0n) is 10.7. The summed E-state index contributed by atoms with van der Waals surface area (Å²) in [5, 5.41) is 3.05. The predicted octanol–water partition coefficient (Wildman–Crippen LogP) is 3.84. The van der Waals surface area contributed by atoms with Crippen LogP contribution in [-0.4, -0.2) is 18.5 Å². The fraction of sp³-hybridized carbons (Fsp3) is 1.00. The number of nitrogens with one attached hydrogen (secondary N) is 1. The highest BCUT2D eigenvalue weighted by Crippen LogP contribution is 2.39. The van der Waals surface area contributed by atoms with E-state index in [2.05, 4.69) is 19.2 Å². The van der Waals surface area contributed by atoms with Crippen LogP contribution in [0.15, 0.2) is 0 Å². The van der Waals surface area contributed by atoms with Crippen molar-refractivity contribution in [1.82, 2.24) is 5.32 Å². The second-order valence-corrected chi connectivity index (χ2v) is 5.58. The van der Waals surface area contributed by atoms with Crippen LogP contribution in [0.5, 0.6) is 0 Å². The quantitative estimate of drug-likeness (QED) is 0.761. The molecule has 0 bridgehead atoms. The average Bonchev–Trinajstić information content (AvgIpc) is 2.17. The fourth-order valence-electron chi connectivity index (χ4n) is 3.08. The van der Waals surface area contributed by atoms with Crippen LogP contribution in [0, 0.1) is 11.8 Å². The molecule has 0 saturated heterocycles. The van der Waals surface area contributed by atoms with Gasteiger partial charge >= 0.3 is 0 Å². The summed E-state index contributed by atoms with van der Waals surface area (Å²) in [5.74, 6) is 1.09. The van der Waals surface area contributed by atoms with Crippen molar-refractivity contribution in [2.45, 2.75) is 64.8 Å². The molecule has 0 aromatic carbocycles. The maximum absolute atomic E-state index is 13.2. The maximum Gasteiger partial charge on any atom is 0.256 e. The second-order valence-electron chi connectivity index (χ2n) is 5.58. The molecule has 1 aliphatic rings. The molecule has 1 nitrogen and oxygen atoms in total. The Morgan fingerprint density at radius 1 is 1.38 bits per heavy atom. The summed E-state index contributed by atoms with van der Waals surface area (Å²) in [6.45, 7) is 6.90. The normalized spacial score (nSPS) is 31.3. The van der Waals surface area contributed by atoms with Gasteiger partial charge in [0.2, 0.25) is 0 Å². The third-order valence-corrected chi connectivity index (χ3v) is 3.64. The molecule has 0 heterocycles. The summed E-state index contributed by atoms with van der Waals surface area (Å²) < 4.78 is 26.4. The monoisotopic (exact) mass is 233 g/mol. The fourth-order valence-corrected chi connectivity index (χ4v) is 3.08. The zero-order valence-corrected chi connectivity index (χ0v) is 10.7. The number of rotatable bonds is 5. The number of halogens is 2. The summed E-state index contributed by atoms with van der Waals surface area (Å²) in [6, 6.07) is 0. The molecule has 1 fully saturated rings. The predicted molar refractivity (Wildman–Crippen MR) is 63.8 cm³/mol. The minimum atomic E-state index is -2.23. The van der Waals surface area contributed by atoms with E-state index < -0.39 is 12.0 Å². The van der Waals surface area contributed by atoms with Crippen molar-refractivity contribution in [2.75, 3.05) is 6.54 Å². The van der Waals surface area contributed by atoms with Crippen molar-refractivity contribution >= 4 is 0 Å². The molecule has 2 atom stereocenters. The van der Waals surface area contributed by atoms with Gasteiger partial charge in [-0.15, -0.1) is 0 Å². The maximum atomic E-state index is 13.2. The molecular weight excluding hydrogens is 208 g/mol. The third-order valence-electron chi connectivity index (χ3n) is 3.64. The van der Waals surface area contributed by atoms with Gasteiger partial charge in [0, 0.05) is 0 Å². The van der Waals surface area contributed by atoms with Gasteiger partial charge in [0.1, 0.15) is 0 Å². The molecule has 2 unspecified atom stereocenters. The van der Waals surface area contributed by atoms with Gasteiger partial charge < -0.3 is 5.32 Å². The molecule has 0 aromatic heterocycles. The molecule has 0 aromatic rings. The summed E-state index contributed by atoms with van der Waals surface area (Å²) >= 11 is 0. The molecule has 16 heavy (non-hydrogen) atoms. The first-order valence-corrected chi connectivity index (χ1v) is 6.53. The van der Waals surface area contributed by atoms with Gasteiger partial charge in [0.15, 0.2) is 0 Å². The van der Waals surface area contributed by atoms with Crippen molar-refractivity contribution < 1.29 is 8.78 Å². The van der Waals surface area contributed by atoms with Gasteiger partial charge in [-0.3, -0.25) is 0 Å². The van der Waals surface area contributed by atoms with Crippen LogP contribution in [0.2, 0.25) is 0 Å². The lowest BCUT2D eigenvalue weighted by molar-refractivity contribution is -0.00858. The van der Waals surface area contributed by atoms with E-state index in [-0.39, 0.29) is 0 Å². The molecular formula is C13H25F2N. The molecule has 0 amide bonds. The summed E-state index contributed by atoms with van der Waals surface area (Å²) in [4.78, 5) is 0. The Labute approximate surface area is 98.0 Å². The van der Waals surface area contributed by atoms with E-state index in [4.69, 9.17) is 0 Å². The summed E-state index contributed by atoms with van der Waals surface area (Å²) in [6.07, 6.45) is 2.19. The van der Waals surface area contributed by atoms with Gasteiger partial charge in [-0.1, -0.05) is 33.6 Å². The van der Waals surface area contributed by atoms with E-state index in [9.17, 15) is 8.78 Å². The average molecular weight is 233 g/mol. The highest BCUT2D eigenvalue weighted by atomic mass is 19.3. The highest BCUT2D eigenvalue weighted by molar-refractivity contribution is 4.95. The van der Waals surface area contributed by atoms with E-state index in [1.54, 1.807) is 0 Å². The molecule has 1 rings (SSSR count). The Morgan fingerprint density at radius 3 is 2.56 bits per heavy atom. The van der Waals surface area contributed by atoms with E-state index in [0.29, 0.717) is 31.2 Å². The largest absolute Gasteiger partial charge is 0.307 e. The third kappa shape index (κ3) is 3.41. The standard InChI is InChI=1S/C13H25F2N/c1-4-16-13(12(14)15)7-5-6-11(9-13)8-10(2)3/h10-12,16H,4-9H2,1-3H3. The Morgan fingerprint density at radius 2 is 2.06 bits per heavy atom. The molecule has 0 aliphatic heterocycles. The van der Waals surface area contributed by atoms with Gasteiger partial charge in [0.05, 0.1) is 5.54 Å². The molecule has 1 N–H and O–H groups in total. The first-order chi connectivity index (χ1) is 7.50.